The monoisotopic (exact) mass is 500 g/mol. The number of hydrogen-bond acceptors (Lipinski definition) is 5. The fourth-order valence-corrected chi connectivity index (χ4v) is 3.00. The summed E-state index contributed by atoms with van der Waals surface area (Å²) in [5, 5.41) is 0.165. The number of amides is 2. The second-order valence-electron chi connectivity index (χ2n) is 6.43. The lowest BCUT2D eigenvalue weighted by atomic mass is 10.1. The number of hydrazine groups is 1. The number of hydrogen-bond donors (Lipinski definition) is 2. The predicted molar refractivity (Wildman–Crippen MR) is 124 cm³/mol. The van der Waals surface area contributed by atoms with Gasteiger partial charge in [0.15, 0.2) is 5.75 Å². The lowest BCUT2D eigenvalue weighted by Gasteiger charge is -2.14. The zero-order valence-electron chi connectivity index (χ0n) is 17.3. The van der Waals surface area contributed by atoms with Gasteiger partial charge in [0.05, 0.1) is 24.3 Å². The molecule has 2 rings (SSSR count). The van der Waals surface area contributed by atoms with E-state index in [9.17, 15) is 9.59 Å². The zero-order valence-corrected chi connectivity index (χ0v) is 19.6. The van der Waals surface area contributed by atoms with E-state index in [1.165, 1.54) is 25.3 Å². The molecular weight excluding hydrogens is 479 g/mol. The Labute approximate surface area is 201 Å². The normalized spacial score (nSPS) is 10.2. The third-order valence-corrected chi connectivity index (χ3v) is 4.66. The minimum atomic E-state index is -0.617. The second kappa shape index (κ2) is 13.9. The van der Waals surface area contributed by atoms with Gasteiger partial charge in [-0.05, 0) is 24.1 Å². The molecule has 7 nitrogen and oxygen atoms in total. The summed E-state index contributed by atoms with van der Waals surface area (Å²) in [6.45, 7) is 0.972. The molecule has 0 aliphatic heterocycles. The van der Waals surface area contributed by atoms with Crippen molar-refractivity contribution in [3.05, 3.63) is 69.2 Å². The number of benzene rings is 2. The number of carbonyl (C=O) groups is 2. The van der Waals surface area contributed by atoms with Crippen LogP contribution in [0.25, 0.3) is 0 Å². The average Bonchev–Trinajstić information content (AvgIpc) is 2.77. The van der Waals surface area contributed by atoms with E-state index < -0.39 is 5.91 Å². The molecule has 0 bridgehead atoms. The summed E-state index contributed by atoms with van der Waals surface area (Å²) in [7, 11) is 1.38. The maximum Gasteiger partial charge on any atom is 0.273 e. The fourth-order valence-electron chi connectivity index (χ4n) is 2.58. The predicted octanol–water partition coefficient (Wildman–Crippen LogP) is 4.80. The van der Waals surface area contributed by atoms with Crippen LogP contribution in [0.5, 0.6) is 11.5 Å². The first-order valence-electron chi connectivity index (χ1n) is 9.63. The lowest BCUT2D eigenvalue weighted by Crippen LogP contribution is -2.41. The number of methoxy groups -OCH3 is 1. The van der Waals surface area contributed by atoms with Gasteiger partial charge in [0.25, 0.3) is 5.91 Å². The van der Waals surface area contributed by atoms with Gasteiger partial charge in [-0.2, -0.15) is 0 Å². The molecular formula is C22H23Cl3N2O5. The Bertz CT molecular complexity index is 935. The smallest absolute Gasteiger partial charge is 0.273 e. The average molecular weight is 502 g/mol. The molecule has 0 aromatic heterocycles. The van der Waals surface area contributed by atoms with Crippen molar-refractivity contribution >= 4 is 46.6 Å². The van der Waals surface area contributed by atoms with Gasteiger partial charge in [-0.3, -0.25) is 20.4 Å². The lowest BCUT2D eigenvalue weighted by molar-refractivity contribution is -0.122. The number of rotatable bonds is 11. The number of ether oxygens (including phenoxy) is 3. The van der Waals surface area contributed by atoms with Crippen LogP contribution in [-0.2, 0) is 16.1 Å². The summed E-state index contributed by atoms with van der Waals surface area (Å²) in [5.74, 6) is -0.533. The summed E-state index contributed by atoms with van der Waals surface area (Å²) in [5.41, 5.74) is 5.85. The first-order valence-corrected chi connectivity index (χ1v) is 10.8. The molecule has 0 radical (unpaired) electrons. The zero-order chi connectivity index (χ0) is 23.3. The Morgan fingerprint density at radius 1 is 1.09 bits per heavy atom. The van der Waals surface area contributed by atoms with Crippen molar-refractivity contribution in [1.82, 2.24) is 10.9 Å². The molecule has 0 saturated heterocycles. The quantitative estimate of drug-likeness (QED) is 0.341. The number of nitrogens with one attached hydrogen (secondary N) is 2. The molecule has 0 saturated carbocycles. The minimum Gasteiger partial charge on any atom is -0.494 e. The van der Waals surface area contributed by atoms with Gasteiger partial charge < -0.3 is 14.2 Å². The van der Waals surface area contributed by atoms with Gasteiger partial charge >= 0.3 is 0 Å². The summed E-state index contributed by atoms with van der Waals surface area (Å²) in [6.07, 6.45) is 2.12. The van der Waals surface area contributed by atoms with Crippen molar-refractivity contribution in [2.45, 2.75) is 19.4 Å². The summed E-state index contributed by atoms with van der Waals surface area (Å²) in [6, 6.07) is 12.7. The molecule has 172 valence electrons. The van der Waals surface area contributed by atoms with Crippen molar-refractivity contribution in [2.24, 2.45) is 0 Å². The highest BCUT2D eigenvalue weighted by molar-refractivity contribution is 6.55. The Hall–Kier alpha value is -2.45. The Balaban J connectivity index is 1.82. The second-order valence-corrected chi connectivity index (χ2v) is 7.85. The standard InChI is InChI=1S/C22H23Cl3N2O5/c1-30-21-17(12-16(13-18(21)23)32-11-9-19(24)25)22(29)27-26-20(28)8-5-10-31-14-15-6-3-2-4-7-15/h2-4,6-7,9,12-13H,5,8,10-11,14H2,1H3,(H,26,28)(H,27,29). The molecule has 10 heteroatoms. The van der Waals surface area contributed by atoms with E-state index in [0.717, 1.165) is 5.56 Å². The minimum absolute atomic E-state index is 0.0516. The van der Waals surface area contributed by atoms with Crippen LogP contribution in [0.4, 0.5) is 0 Å². The van der Waals surface area contributed by atoms with Crippen LogP contribution in [0.2, 0.25) is 5.02 Å². The topological polar surface area (TPSA) is 85.9 Å². The van der Waals surface area contributed by atoms with Gasteiger partial charge in [-0.15, -0.1) is 0 Å². The molecule has 2 aromatic rings. The molecule has 0 fully saturated rings. The van der Waals surface area contributed by atoms with Crippen molar-refractivity contribution in [1.29, 1.82) is 0 Å². The summed E-state index contributed by atoms with van der Waals surface area (Å²) < 4.78 is 16.2. The Morgan fingerprint density at radius 3 is 2.53 bits per heavy atom. The molecule has 32 heavy (non-hydrogen) atoms. The first-order chi connectivity index (χ1) is 15.4. The van der Waals surface area contributed by atoms with Gasteiger partial charge in [0.2, 0.25) is 5.91 Å². The molecule has 0 heterocycles. The maximum absolute atomic E-state index is 12.5. The molecule has 2 N–H and O–H groups in total. The highest BCUT2D eigenvalue weighted by atomic mass is 35.5. The van der Waals surface area contributed by atoms with Crippen molar-refractivity contribution in [3.8, 4) is 11.5 Å². The van der Waals surface area contributed by atoms with E-state index in [4.69, 9.17) is 49.0 Å². The number of halogens is 3. The molecule has 0 spiro atoms. The SMILES string of the molecule is COc1c(Cl)cc(OCC=C(Cl)Cl)cc1C(=O)NNC(=O)CCCOCc1ccccc1. The van der Waals surface area contributed by atoms with Crippen LogP contribution < -0.4 is 20.3 Å². The first kappa shape index (κ1) is 25.8. The van der Waals surface area contributed by atoms with Gasteiger partial charge in [0.1, 0.15) is 16.8 Å². The third-order valence-electron chi connectivity index (χ3n) is 4.07. The molecule has 2 aromatic carbocycles. The summed E-state index contributed by atoms with van der Waals surface area (Å²) in [4.78, 5) is 24.6. The fraction of sp³-hybridized carbons (Fsp3) is 0.273. The van der Waals surface area contributed by atoms with E-state index in [1.807, 2.05) is 30.3 Å². The van der Waals surface area contributed by atoms with Crippen LogP contribution in [0.3, 0.4) is 0 Å². The highest BCUT2D eigenvalue weighted by Crippen LogP contribution is 2.33. The van der Waals surface area contributed by atoms with Crippen molar-refractivity contribution in [2.75, 3.05) is 20.3 Å². The molecule has 0 aliphatic carbocycles. The van der Waals surface area contributed by atoms with Crippen molar-refractivity contribution < 1.29 is 23.8 Å². The van der Waals surface area contributed by atoms with Crippen LogP contribution in [0.1, 0.15) is 28.8 Å². The Kier molecular flexibility index (Phi) is 11.2. The van der Waals surface area contributed by atoms with Crippen LogP contribution in [0.15, 0.2) is 53.0 Å². The van der Waals surface area contributed by atoms with Crippen molar-refractivity contribution in [3.63, 3.8) is 0 Å². The van der Waals surface area contributed by atoms with Gasteiger partial charge in [0, 0.05) is 19.1 Å². The van der Waals surface area contributed by atoms with E-state index in [1.54, 1.807) is 0 Å². The van der Waals surface area contributed by atoms with Crippen LogP contribution in [-0.4, -0.2) is 32.1 Å². The number of carbonyl (C=O) groups excluding carboxylic acids is 2. The van der Waals surface area contributed by atoms with E-state index in [2.05, 4.69) is 10.9 Å². The Morgan fingerprint density at radius 2 is 1.84 bits per heavy atom. The van der Waals surface area contributed by atoms with E-state index in [-0.39, 0.29) is 39.8 Å². The summed E-state index contributed by atoms with van der Waals surface area (Å²) >= 11 is 17.3. The van der Waals surface area contributed by atoms with Crippen LogP contribution in [0, 0.1) is 0 Å². The van der Waals surface area contributed by atoms with Crippen LogP contribution >= 0.6 is 34.8 Å². The third kappa shape index (κ3) is 8.96. The molecule has 2 amide bonds. The molecule has 0 aliphatic rings. The molecule has 0 atom stereocenters. The highest BCUT2D eigenvalue weighted by Gasteiger charge is 2.18. The van der Waals surface area contributed by atoms with Gasteiger partial charge in [-0.1, -0.05) is 65.1 Å². The van der Waals surface area contributed by atoms with Gasteiger partial charge in [-0.25, -0.2) is 0 Å². The largest absolute Gasteiger partial charge is 0.494 e. The van der Waals surface area contributed by atoms with E-state index in [0.29, 0.717) is 25.4 Å². The molecule has 0 unspecified atom stereocenters. The van der Waals surface area contributed by atoms with E-state index >= 15 is 0 Å². The maximum atomic E-state index is 12.5.